The molecule has 0 bridgehead atoms. The molecule has 21 heavy (non-hydrogen) atoms. The Balaban J connectivity index is 2.35. The molecule has 1 saturated heterocycles. The van der Waals surface area contributed by atoms with E-state index in [2.05, 4.69) is 13.8 Å². The summed E-state index contributed by atoms with van der Waals surface area (Å²) in [6.07, 6.45) is 2.85. The molecule has 0 amide bonds. The maximum absolute atomic E-state index is 12.8. The van der Waals surface area contributed by atoms with Crippen molar-refractivity contribution in [3.8, 4) is 0 Å². The first-order valence-electron chi connectivity index (χ1n) is 7.48. The van der Waals surface area contributed by atoms with E-state index in [0.29, 0.717) is 23.9 Å². The summed E-state index contributed by atoms with van der Waals surface area (Å²) < 4.78 is 27.3. The number of benzene rings is 1. The van der Waals surface area contributed by atoms with E-state index in [0.717, 1.165) is 30.4 Å². The molecule has 118 valence electrons. The second kappa shape index (κ2) is 6.27. The van der Waals surface area contributed by atoms with Crippen LogP contribution in [0.2, 0.25) is 0 Å². The summed E-state index contributed by atoms with van der Waals surface area (Å²) in [5.41, 5.74) is 2.07. The van der Waals surface area contributed by atoms with Crippen LogP contribution in [-0.4, -0.2) is 25.8 Å². The van der Waals surface area contributed by atoms with Crippen molar-refractivity contribution in [2.24, 2.45) is 5.41 Å². The Morgan fingerprint density at radius 3 is 2.57 bits per heavy atom. The molecule has 0 atom stereocenters. The maximum Gasteiger partial charge on any atom is 0.243 e. The van der Waals surface area contributed by atoms with Gasteiger partial charge in [0.25, 0.3) is 0 Å². The molecule has 2 rings (SSSR count). The highest BCUT2D eigenvalue weighted by molar-refractivity contribution is 7.89. The van der Waals surface area contributed by atoms with Crippen molar-refractivity contribution in [1.29, 1.82) is 0 Å². The average molecular weight is 330 g/mol. The SMILES string of the molecule is CCc1ccc(S(=O)(=O)N2CCCC(C)(C)C2)cc1CCl. The summed E-state index contributed by atoms with van der Waals surface area (Å²) in [5, 5.41) is 0. The summed E-state index contributed by atoms with van der Waals surface area (Å²) >= 11 is 5.96. The van der Waals surface area contributed by atoms with E-state index < -0.39 is 10.0 Å². The first kappa shape index (κ1) is 16.8. The van der Waals surface area contributed by atoms with Gasteiger partial charge in [-0.3, -0.25) is 0 Å². The van der Waals surface area contributed by atoms with E-state index in [1.807, 2.05) is 13.0 Å². The van der Waals surface area contributed by atoms with Gasteiger partial charge < -0.3 is 0 Å². The molecule has 1 fully saturated rings. The van der Waals surface area contributed by atoms with Crippen molar-refractivity contribution in [3.63, 3.8) is 0 Å². The number of halogens is 1. The Labute approximate surface area is 133 Å². The fraction of sp³-hybridized carbons (Fsp3) is 0.625. The highest BCUT2D eigenvalue weighted by Gasteiger charge is 2.34. The van der Waals surface area contributed by atoms with Crippen molar-refractivity contribution in [2.75, 3.05) is 13.1 Å². The molecular formula is C16H24ClNO2S. The van der Waals surface area contributed by atoms with Crippen LogP contribution < -0.4 is 0 Å². The van der Waals surface area contributed by atoms with E-state index in [4.69, 9.17) is 11.6 Å². The van der Waals surface area contributed by atoms with Crippen LogP contribution in [0, 0.1) is 5.41 Å². The standard InChI is InChI=1S/C16H24ClNO2S/c1-4-13-6-7-15(10-14(13)11-17)21(19,20)18-9-5-8-16(2,3)12-18/h6-7,10H,4-5,8-9,11-12H2,1-3H3. The highest BCUT2D eigenvalue weighted by atomic mass is 35.5. The number of rotatable bonds is 4. The Morgan fingerprint density at radius 1 is 1.29 bits per heavy atom. The minimum atomic E-state index is -3.42. The van der Waals surface area contributed by atoms with Gasteiger partial charge in [-0.2, -0.15) is 4.31 Å². The molecule has 0 spiro atoms. The molecule has 0 saturated carbocycles. The van der Waals surface area contributed by atoms with Crippen LogP contribution in [0.25, 0.3) is 0 Å². The van der Waals surface area contributed by atoms with Crippen molar-refractivity contribution < 1.29 is 8.42 Å². The van der Waals surface area contributed by atoms with Crippen LogP contribution in [0.15, 0.2) is 23.1 Å². The fourth-order valence-electron chi connectivity index (χ4n) is 2.96. The van der Waals surface area contributed by atoms with Gasteiger partial charge in [0, 0.05) is 19.0 Å². The third-order valence-corrected chi connectivity index (χ3v) is 6.33. The summed E-state index contributed by atoms with van der Waals surface area (Å²) in [6.45, 7) is 7.49. The molecule has 1 aromatic rings. The average Bonchev–Trinajstić information content (AvgIpc) is 2.45. The Hall–Kier alpha value is -0.580. The van der Waals surface area contributed by atoms with Crippen molar-refractivity contribution in [2.45, 2.75) is 50.8 Å². The van der Waals surface area contributed by atoms with Gasteiger partial charge in [-0.15, -0.1) is 11.6 Å². The molecule has 0 aromatic heterocycles. The fourth-order valence-corrected chi connectivity index (χ4v) is 4.92. The van der Waals surface area contributed by atoms with Gasteiger partial charge in [0.05, 0.1) is 4.90 Å². The first-order chi connectivity index (χ1) is 9.80. The smallest absolute Gasteiger partial charge is 0.207 e. The molecule has 3 nitrogen and oxygen atoms in total. The quantitative estimate of drug-likeness (QED) is 0.788. The van der Waals surface area contributed by atoms with Gasteiger partial charge in [-0.25, -0.2) is 8.42 Å². The Bertz CT molecular complexity index is 611. The summed E-state index contributed by atoms with van der Waals surface area (Å²) in [7, 11) is -3.42. The topological polar surface area (TPSA) is 37.4 Å². The van der Waals surface area contributed by atoms with Crippen LogP contribution in [0.4, 0.5) is 0 Å². The van der Waals surface area contributed by atoms with Gasteiger partial charge >= 0.3 is 0 Å². The zero-order valence-electron chi connectivity index (χ0n) is 13.0. The highest BCUT2D eigenvalue weighted by Crippen LogP contribution is 2.32. The Kier molecular flexibility index (Phi) is 5.01. The van der Waals surface area contributed by atoms with Crippen LogP contribution in [-0.2, 0) is 22.3 Å². The predicted octanol–water partition coefficient (Wildman–Crippen LogP) is 3.80. The lowest BCUT2D eigenvalue weighted by atomic mass is 9.85. The van der Waals surface area contributed by atoms with Gasteiger partial charge in [0.15, 0.2) is 0 Å². The summed E-state index contributed by atoms with van der Waals surface area (Å²) in [6, 6.07) is 5.34. The van der Waals surface area contributed by atoms with Crippen LogP contribution in [0.3, 0.4) is 0 Å². The third kappa shape index (κ3) is 3.61. The number of piperidine rings is 1. The first-order valence-corrected chi connectivity index (χ1v) is 9.45. The molecule has 1 aliphatic rings. The van der Waals surface area contributed by atoms with Crippen LogP contribution in [0.1, 0.15) is 44.7 Å². The molecule has 1 aromatic carbocycles. The van der Waals surface area contributed by atoms with E-state index >= 15 is 0 Å². The normalized spacial score (nSPS) is 19.6. The summed E-state index contributed by atoms with van der Waals surface area (Å²) in [4.78, 5) is 0.369. The molecule has 0 unspecified atom stereocenters. The molecule has 0 radical (unpaired) electrons. The zero-order valence-corrected chi connectivity index (χ0v) is 14.6. The minimum Gasteiger partial charge on any atom is -0.207 e. The number of alkyl halides is 1. The number of aryl methyl sites for hydroxylation is 1. The molecule has 0 aliphatic carbocycles. The van der Waals surface area contributed by atoms with E-state index in [-0.39, 0.29) is 5.41 Å². The number of sulfonamides is 1. The minimum absolute atomic E-state index is 0.0456. The monoisotopic (exact) mass is 329 g/mol. The van der Waals surface area contributed by atoms with Gasteiger partial charge in [-0.05, 0) is 47.9 Å². The van der Waals surface area contributed by atoms with Crippen LogP contribution in [0.5, 0.6) is 0 Å². The molecular weight excluding hydrogens is 306 g/mol. The largest absolute Gasteiger partial charge is 0.243 e. The Morgan fingerprint density at radius 2 is 2.00 bits per heavy atom. The second-order valence-electron chi connectivity index (χ2n) is 6.52. The lowest BCUT2D eigenvalue weighted by Gasteiger charge is -2.37. The van der Waals surface area contributed by atoms with Crippen molar-refractivity contribution in [3.05, 3.63) is 29.3 Å². The second-order valence-corrected chi connectivity index (χ2v) is 8.73. The third-order valence-electron chi connectivity index (χ3n) is 4.21. The van der Waals surface area contributed by atoms with Crippen molar-refractivity contribution >= 4 is 21.6 Å². The van der Waals surface area contributed by atoms with Crippen LogP contribution >= 0.6 is 11.6 Å². The number of nitrogens with zero attached hydrogens (tertiary/aromatic N) is 1. The van der Waals surface area contributed by atoms with E-state index in [9.17, 15) is 8.42 Å². The lowest BCUT2D eigenvalue weighted by molar-refractivity contribution is 0.187. The molecule has 1 heterocycles. The number of hydrogen-bond acceptors (Lipinski definition) is 2. The predicted molar refractivity (Wildman–Crippen MR) is 87.2 cm³/mol. The van der Waals surface area contributed by atoms with Crippen molar-refractivity contribution in [1.82, 2.24) is 4.31 Å². The van der Waals surface area contributed by atoms with Gasteiger partial charge in [-0.1, -0.05) is 26.8 Å². The lowest BCUT2D eigenvalue weighted by Crippen LogP contribution is -2.43. The van der Waals surface area contributed by atoms with Gasteiger partial charge in [0.2, 0.25) is 10.0 Å². The summed E-state index contributed by atoms with van der Waals surface area (Å²) in [5.74, 6) is 0.345. The maximum atomic E-state index is 12.8. The molecule has 0 N–H and O–H groups in total. The zero-order chi connectivity index (χ0) is 15.7. The van der Waals surface area contributed by atoms with Gasteiger partial charge in [0.1, 0.15) is 0 Å². The number of hydrogen-bond donors (Lipinski definition) is 0. The molecule has 5 heteroatoms. The molecule has 1 aliphatic heterocycles. The van der Waals surface area contributed by atoms with E-state index in [1.165, 1.54) is 0 Å². The van der Waals surface area contributed by atoms with E-state index in [1.54, 1.807) is 16.4 Å².